The Balaban J connectivity index is 3.34. The number of benzene rings is 1. The van der Waals surface area contributed by atoms with Crippen LogP contribution in [0.25, 0.3) is 12.7 Å². The molecule has 0 aliphatic carbocycles. The Hall–Kier alpha value is -1.51. The Bertz CT molecular complexity index is 481. The van der Waals surface area contributed by atoms with E-state index >= 15 is 0 Å². The second-order valence-corrected chi connectivity index (χ2v) is 3.40. The van der Waals surface area contributed by atoms with Gasteiger partial charge in [0.15, 0.2) is 0 Å². The lowest BCUT2D eigenvalue weighted by Crippen LogP contribution is -2.25. The molecular weight excluding hydrogens is 201 g/mol. The summed E-state index contributed by atoms with van der Waals surface area (Å²) in [7, 11) is 0. The maximum atomic E-state index is 12.3. The van der Waals surface area contributed by atoms with Crippen molar-refractivity contribution in [1.29, 1.82) is 0 Å². The van der Waals surface area contributed by atoms with Crippen LogP contribution in [0.3, 0.4) is 0 Å². The molecule has 1 aromatic rings. The van der Waals surface area contributed by atoms with Crippen molar-refractivity contribution in [3.8, 4) is 0 Å². The second kappa shape index (κ2) is 3.93. The molecule has 0 heterocycles. The minimum atomic E-state index is -4.31. The molecule has 0 radical (unpaired) electrons. The average molecular weight is 212 g/mol. The molecule has 0 aliphatic heterocycles. The third kappa shape index (κ3) is 2.98. The number of hydrogen-bond acceptors (Lipinski definition) is 0. The molecule has 0 saturated carbocycles. The van der Waals surface area contributed by atoms with E-state index in [4.69, 9.17) is 0 Å². The first-order valence-electron chi connectivity index (χ1n) is 4.34. The lowest BCUT2D eigenvalue weighted by molar-refractivity contribution is -0.137. The van der Waals surface area contributed by atoms with Crippen molar-refractivity contribution in [2.75, 3.05) is 0 Å². The second-order valence-electron chi connectivity index (χ2n) is 3.40. The standard InChI is InChI=1S/C12H11F3/c1-8(2)6-10-4-5-11(7-9(10)3)12(13,14)15/h4-7H,1,3H2,2H3/b10-6-. The quantitative estimate of drug-likeness (QED) is 0.670. The van der Waals surface area contributed by atoms with Crippen molar-refractivity contribution >= 4 is 12.7 Å². The normalized spacial score (nSPS) is 12.9. The van der Waals surface area contributed by atoms with Gasteiger partial charge in [-0.05, 0) is 29.5 Å². The average Bonchev–Trinajstić information content (AvgIpc) is 2.05. The Morgan fingerprint density at radius 1 is 1.33 bits per heavy atom. The van der Waals surface area contributed by atoms with Crippen LogP contribution < -0.4 is 10.4 Å². The monoisotopic (exact) mass is 212 g/mol. The number of halogens is 3. The minimum absolute atomic E-state index is 0.354. The Morgan fingerprint density at radius 2 is 1.93 bits per heavy atom. The Kier molecular flexibility index (Phi) is 3.03. The van der Waals surface area contributed by atoms with Crippen molar-refractivity contribution in [2.45, 2.75) is 13.1 Å². The SMILES string of the molecule is C=C(C)/C=c1/ccc(C(F)(F)F)cc1=C. The number of rotatable bonds is 1. The van der Waals surface area contributed by atoms with E-state index in [1.807, 2.05) is 0 Å². The van der Waals surface area contributed by atoms with Gasteiger partial charge in [0.2, 0.25) is 0 Å². The fourth-order valence-corrected chi connectivity index (χ4v) is 1.19. The van der Waals surface area contributed by atoms with E-state index in [2.05, 4.69) is 13.2 Å². The molecule has 0 N–H and O–H groups in total. The molecule has 0 unspecified atom stereocenters. The molecule has 0 aliphatic rings. The van der Waals surface area contributed by atoms with E-state index in [-0.39, 0.29) is 0 Å². The van der Waals surface area contributed by atoms with Crippen LogP contribution >= 0.6 is 0 Å². The minimum Gasteiger partial charge on any atom is -0.166 e. The first kappa shape index (κ1) is 11.6. The van der Waals surface area contributed by atoms with E-state index in [9.17, 15) is 13.2 Å². The number of hydrogen-bond donors (Lipinski definition) is 0. The summed E-state index contributed by atoms with van der Waals surface area (Å²) in [6.07, 6.45) is -2.61. The topological polar surface area (TPSA) is 0 Å². The zero-order valence-electron chi connectivity index (χ0n) is 8.36. The first-order valence-corrected chi connectivity index (χ1v) is 4.34. The van der Waals surface area contributed by atoms with Gasteiger partial charge in [0, 0.05) is 0 Å². The summed E-state index contributed by atoms with van der Waals surface area (Å²) in [6.45, 7) is 9.01. The summed E-state index contributed by atoms with van der Waals surface area (Å²) in [5.41, 5.74) is 0.103. The molecule has 15 heavy (non-hydrogen) atoms. The summed E-state index contributed by atoms with van der Waals surface area (Å²) in [5, 5.41) is 1.02. The van der Waals surface area contributed by atoms with Crippen molar-refractivity contribution in [1.82, 2.24) is 0 Å². The lowest BCUT2D eigenvalue weighted by Gasteiger charge is -2.05. The van der Waals surface area contributed by atoms with E-state index in [0.717, 1.165) is 17.7 Å². The van der Waals surface area contributed by atoms with Gasteiger partial charge in [-0.1, -0.05) is 30.9 Å². The molecule has 1 rings (SSSR count). The van der Waals surface area contributed by atoms with Crippen molar-refractivity contribution in [2.24, 2.45) is 0 Å². The number of allylic oxidation sites excluding steroid dienone is 1. The summed E-state index contributed by atoms with van der Waals surface area (Å²) < 4.78 is 36.9. The smallest absolute Gasteiger partial charge is 0.166 e. The first-order chi connectivity index (χ1) is 6.80. The van der Waals surface area contributed by atoms with Gasteiger partial charge in [-0.3, -0.25) is 0 Å². The van der Waals surface area contributed by atoms with Crippen molar-refractivity contribution in [3.63, 3.8) is 0 Å². The molecular formula is C12H11F3. The summed E-state index contributed by atoms with van der Waals surface area (Å²) in [5.74, 6) is 0. The van der Waals surface area contributed by atoms with Crippen LogP contribution in [0.2, 0.25) is 0 Å². The van der Waals surface area contributed by atoms with Gasteiger partial charge < -0.3 is 0 Å². The predicted molar refractivity (Wildman–Crippen MR) is 55.5 cm³/mol. The van der Waals surface area contributed by atoms with Gasteiger partial charge in [0.1, 0.15) is 0 Å². The van der Waals surface area contributed by atoms with Crippen LogP contribution in [0.15, 0.2) is 30.4 Å². The fraction of sp³-hybridized carbons (Fsp3) is 0.167. The van der Waals surface area contributed by atoms with Crippen molar-refractivity contribution in [3.05, 3.63) is 46.4 Å². The van der Waals surface area contributed by atoms with Gasteiger partial charge in [-0.15, -0.1) is 0 Å². The Morgan fingerprint density at radius 3 is 2.33 bits per heavy atom. The molecule has 80 valence electrons. The lowest BCUT2D eigenvalue weighted by atomic mass is 10.1. The van der Waals surface area contributed by atoms with Crippen LogP contribution in [0.1, 0.15) is 12.5 Å². The zero-order valence-corrected chi connectivity index (χ0v) is 8.36. The van der Waals surface area contributed by atoms with Gasteiger partial charge in [0.05, 0.1) is 5.56 Å². The molecule has 0 amide bonds. The van der Waals surface area contributed by atoms with Crippen LogP contribution in [0.5, 0.6) is 0 Å². The Labute approximate surface area is 86.0 Å². The van der Waals surface area contributed by atoms with Crippen LogP contribution in [0, 0.1) is 0 Å². The molecule has 1 aromatic carbocycles. The largest absolute Gasteiger partial charge is 0.416 e. The molecule has 0 atom stereocenters. The fourth-order valence-electron chi connectivity index (χ4n) is 1.19. The van der Waals surface area contributed by atoms with Gasteiger partial charge >= 0.3 is 6.18 Å². The highest BCUT2D eigenvalue weighted by molar-refractivity contribution is 5.44. The molecule has 0 nitrogen and oxygen atoms in total. The van der Waals surface area contributed by atoms with Gasteiger partial charge in [-0.25, -0.2) is 0 Å². The zero-order chi connectivity index (χ0) is 11.6. The highest BCUT2D eigenvalue weighted by Crippen LogP contribution is 2.27. The molecule has 0 saturated heterocycles. The summed E-state index contributed by atoms with van der Waals surface area (Å²) >= 11 is 0. The molecule has 0 fully saturated rings. The van der Waals surface area contributed by atoms with E-state index in [1.54, 1.807) is 13.0 Å². The van der Waals surface area contributed by atoms with Crippen molar-refractivity contribution < 1.29 is 13.2 Å². The number of alkyl halides is 3. The third-order valence-corrected chi connectivity index (χ3v) is 1.87. The van der Waals surface area contributed by atoms with E-state index < -0.39 is 11.7 Å². The van der Waals surface area contributed by atoms with E-state index in [1.165, 1.54) is 6.07 Å². The maximum absolute atomic E-state index is 12.3. The highest BCUT2D eigenvalue weighted by Gasteiger charge is 2.29. The molecule has 0 spiro atoms. The van der Waals surface area contributed by atoms with Gasteiger partial charge in [0.25, 0.3) is 0 Å². The van der Waals surface area contributed by atoms with Crippen LogP contribution in [0.4, 0.5) is 13.2 Å². The molecule has 3 heteroatoms. The summed E-state index contributed by atoms with van der Waals surface area (Å²) in [6, 6.07) is 3.48. The molecule has 0 aromatic heterocycles. The highest BCUT2D eigenvalue weighted by atomic mass is 19.4. The van der Waals surface area contributed by atoms with Crippen LogP contribution in [-0.2, 0) is 6.18 Å². The molecule has 0 bridgehead atoms. The van der Waals surface area contributed by atoms with E-state index in [0.29, 0.717) is 10.4 Å². The summed E-state index contributed by atoms with van der Waals surface area (Å²) in [4.78, 5) is 0. The van der Waals surface area contributed by atoms with Crippen LogP contribution in [-0.4, -0.2) is 0 Å². The van der Waals surface area contributed by atoms with Gasteiger partial charge in [-0.2, -0.15) is 13.2 Å². The maximum Gasteiger partial charge on any atom is 0.416 e. The third-order valence-electron chi connectivity index (χ3n) is 1.87. The predicted octanol–water partition coefficient (Wildman–Crippen LogP) is 2.47.